The summed E-state index contributed by atoms with van der Waals surface area (Å²) in [5, 5.41) is 26.6. The fraction of sp³-hybridized carbons (Fsp3) is 0.143. The zero-order valence-electron chi connectivity index (χ0n) is 5.58. The predicted octanol–water partition coefficient (Wildman–Crippen LogP) is 1.35. The molecule has 1 rings (SSSR count). The summed E-state index contributed by atoms with van der Waals surface area (Å²) < 4.78 is 0.579. The molecule has 0 heterocycles. The van der Waals surface area contributed by atoms with Crippen LogP contribution in [0.5, 0.6) is 11.5 Å². The Morgan fingerprint density at radius 2 is 1.73 bits per heavy atom. The molecule has 0 radical (unpaired) electrons. The molecule has 4 heteroatoms. The van der Waals surface area contributed by atoms with Gasteiger partial charge in [-0.05, 0) is 17.7 Å². The average Bonchev–Trinajstić information content (AvgIpc) is 1.97. The molecule has 0 atom stereocenters. The molecule has 0 saturated carbocycles. The van der Waals surface area contributed by atoms with Crippen molar-refractivity contribution in [1.82, 2.24) is 0 Å². The molecule has 0 aromatic heterocycles. The van der Waals surface area contributed by atoms with Crippen LogP contribution < -0.4 is 0 Å². The standard InChI is InChI=1S/C7H7BrO3/c8-5-2-7(11)6(10)1-4(5)3-9/h1-2,9-11H,3H2. The van der Waals surface area contributed by atoms with Crippen molar-refractivity contribution in [2.45, 2.75) is 6.61 Å². The summed E-state index contributed by atoms with van der Waals surface area (Å²) >= 11 is 3.11. The Morgan fingerprint density at radius 3 is 2.27 bits per heavy atom. The van der Waals surface area contributed by atoms with E-state index in [1.165, 1.54) is 12.1 Å². The van der Waals surface area contributed by atoms with Gasteiger partial charge < -0.3 is 15.3 Å². The summed E-state index contributed by atoms with van der Waals surface area (Å²) in [6.45, 7) is -0.172. The molecule has 60 valence electrons. The number of aliphatic hydroxyl groups excluding tert-OH is 1. The van der Waals surface area contributed by atoms with E-state index in [2.05, 4.69) is 15.9 Å². The van der Waals surface area contributed by atoms with Crippen LogP contribution in [0.25, 0.3) is 0 Å². The number of aliphatic hydroxyl groups is 1. The molecule has 0 aliphatic rings. The highest BCUT2D eigenvalue weighted by molar-refractivity contribution is 9.10. The minimum absolute atomic E-state index is 0.172. The zero-order valence-corrected chi connectivity index (χ0v) is 7.17. The molecule has 3 nitrogen and oxygen atoms in total. The summed E-state index contributed by atoms with van der Waals surface area (Å²) in [6.07, 6.45) is 0. The molecule has 1 aromatic rings. The maximum atomic E-state index is 8.97. The van der Waals surface area contributed by atoms with E-state index in [9.17, 15) is 0 Å². The van der Waals surface area contributed by atoms with E-state index in [0.29, 0.717) is 10.0 Å². The molecule has 0 unspecified atom stereocenters. The first kappa shape index (κ1) is 8.36. The van der Waals surface area contributed by atoms with Crippen molar-refractivity contribution in [1.29, 1.82) is 0 Å². The summed E-state index contributed by atoms with van der Waals surface area (Å²) in [6, 6.07) is 2.64. The highest BCUT2D eigenvalue weighted by Gasteiger charge is 2.04. The lowest BCUT2D eigenvalue weighted by molar-refractivity contribution is 0.280. The number of hydrogen-bond acceptors (Lipinski definition) is 3. The molecule has 0 aliphatic heterocycles. The quantitative estimate of drug-likeness (QED) is 0.624. The van der Waals surface area contributed by atoms with Crippen LogP contribution >= 0.6 is 15.9 Å². The van der Waals surface area contributed by atoms with Gasteiger partial charge in [0, 0.05) is 4.47 Å². The highest BCUT2D eigenvalue weighted by atomic mass is 79.9. The Morgan fingerprint density at radius 1 is 1.18 bits per heavy atom. The van der Waals surface area contributed by atoms with Crippen molar-refractivity contribution in [2.24, 2.45) is 0 Å². The second kappa shape index (κ2) is 3.11. The molecule has 0 fully saturated rings. The van der Waals surface area contributed by atoms with Gasteiger partial charge in [-0.1, -0.05) is 15.9 Å². The molecular weight excluding hydrogens is 212 g/mol. The van der Waals surface area contributed by atoms with Gasteiger partial charge in [0.15, 0.2) is 11.5 Å². The van der Waals surface area contributed by atoms with Gasteiger partial charge in [0.1, 0.15) is 0 Å². The van der Waals surface area contributed by atoms with Crippen molar-refractivity contribution in [3.05, 3.63) is 22.2 Å². The lowest BCUT2D eigenvalue weighted by Gasteiger charge is -2.02. The SMILES string of the molecule is OCc1cc(O)c(O)cc1Br. The number of hydrogen-bond donors (Lipinski definition) is 3. The smallest absolute Gasteiger partial charge is 0.158 e. The summed E-state index contributed by atoms with van der Waals surface area (Å²) in [5.74, 6) is -0.425. The number of phenols is 2. The molecule has 1 aromatic carbocycles. The fourth-order valence-corrected chi connectivity index (χ4v) is 1.17. The molecule has 11 heavy (non-hydrogen) atoms. The van der Waals surface area contributed by atoms with E-state index < -0.39 is 0 Å². The third-order valence-electron chi connectivity index (χ3n) is 1.31. The lowest BCUT2D eigenvalue weighted by Crippen LogP contribution is -1.84. The summed E-state index contributed by atoms with van der Waals surface area (Å²) in [7, 11) is 0. The predicted molar refractivity (Wildman–Crippen MR) is 43.4 cm³/mol. The third-order valence-corrected chi connectivity index (χ3v) is 2.05. The number of benzene rings is 1. The Hall–Kier alpha value is -0.740. The second-order valence-electron chi connectivity index (χ2n) is 2.09. The maximum absolute atomic E-state index is 8.97. The third kappa shape index (κ3) is 1.64. The van der Waals surface area contributed by atoms with E-state index in [1.807, 2.05) is 0 Å². The lowest BCUT2D eigenvalue weighted by atomic mass is 10.2. The van der Waals surface area contributed by atoms with Crippen molar-refractivity contribution in [3.63, 3.8) is 0 Å². The molecule has 0 amide bonds. The van der Waals surface area contributed by atoms with Gasteiger partial charge in [0.05, 0.1) is 6.61 Å². The maximum Gasteiger partial charge on any atom is 0.158 e. The Labute approximate surface area is 72.0 Å². The van der Waals surface area contributed by atoms with Crippen molar-refractivity contribution in [2.75, 3.05) is 0 Å². The van der Waals surface area contributed by atoms with Gasteiger partial charge in [0.2, 0.25) is 0 Å². The number of aromatic hydroxyl groups is 2. The Bertz CT molecular complexity index is 273. The van der Waals surface area contributed by atoms with Gasteiger partial charge >= 0.3 is 0 Å². The van der Waals surface area contributed by atoms with Gasteiger partial charge in [-0.3, -0.25) is 0 Å². The fourth-order valence-electron chi connectivity index (χ4n) is 0.716. The van der Waals surface area contributed by atoms with Gasteiger partial charge in [-0.25, -0.2) is 0 Å². The van der Waals surface area contributed by atoms with E-state index in [1.54, 1.807) is 0 Å². The van der Waals surface area contributed by atoms with Crippen molar-refractivity contribution in [3.8, 4) is 11.5 Å². The number of phenolic OH excluding ortho intramolecular Hbond substituents is 2. The highest BCUT2D eigenvalue weighted by Crippen LogP contribution is 2.31. The molecular formula is C7H7BrO3. The van der Waals surface area contributed by atoms with Gasteiger partial charge in [0.25, 0.3) is 0 Å². The average molecular weight is 219 g/mol. The summed E-state index contributed by atoms with van der Waals surface area (Å²) in [5.41, 5.74) is 0.542. The molecule has 0 spiro atoms. The van der Waals surface area contributed by atoms with Crippen LogP contribution in [-0.2, 0) is 6.61 Å². The van der Waals surface area contributed by atoms with Crippen molar-refractivity contribution < 1.29 is 15.3 Å². The van der Waals surface area contributed by atoms with Crippen LogP contribution in [0, 0.1) is 0 Å². The molecule has 3 N–H and O–H groups in total. The van der Waals surface area contributed by atoms with Crippen LogP contribution in [0.4, 0.5) is 0 Å². The second-order valence-corrected chi connectivity index (χ2v) is 2.94. The van der Waals surface area contributed by atoms with Gasteiger partial charge in [-0.2, -0.15) is 0 Å². The monoisotopic (exact) mass is 218 g/mol. The van der Waals surface area contributed by atoms with Crippen LogP contribution in [0.3, 0.4) is 0 Å². The largest absolute Gasteiger partial charge is 0.504 e. The molecule has 0 bridgehead atoms. The topological polar surface area (TPSA) is 60.7 Å². The first-order valence-corrected chi connectivity index (χ1v) is 3.75. The van der Waals surface area contributed by atoms with Crippen LogP contribution in [0.2, 0.25) is 0 Å². The minimum atomic E-state index is -0.225. The minimum Gasteiger partial charge on any atom is -0.504 e. The number of rotatable bonds is 1. The van der Waals surface area contributed by atoms with E-state index in [0.717, 1.165) is 0 Å². The molecule has 0 aliphatic carbocycles. The Balaban J connectivity index is 3.21. The van der Waals surface area contributed by atoms with Crippen LogP contribution in [0.15, 0.2) is 16.6 Å². The zero-order chi connectivity index (χ0) is 8.43. The van der Waals surface area contributed by atoms with E-state index in [4.69, 9.17) is 15.3 Å². The van der Waals surface area contributed by atoms with Gasteiger partial charge in [-0.15, -0.1) is 0 Å². The van der Waals surface area contributed by atoms with Crippen LogP contribution in [0.1, 0.15) is 5.56 Å². The van der Waals surface area contributed by atoms with Crippen molar-refractivity contribution >= 4 is 15.9 Å². The first-order valence-electron chi connectivity index (χ1n) is 2.96. The van der Waals surface area contributed by atoms with E-state index in [-0.39, 0.29) is 18.1 Å². The number of halogens is 1. The normalized spacial score (nSPS) is 10.0. The van der Waals surface area contributed by atoms with E-state index >= 15 is 0 Å². The van der Waals surface area contributed by atoms with Crippen LogP contribution in [-0.4, -0.2) is 15.3 Å². The molecule has 0 saturated heterocycles. The Kier molecular flexibility index (Phi) is 2.36. The first-order chi connectivity index (χ1) is 5.15. The summed E-state index contributed by atoms with van der Waals surface area (Å²) in [4.78, 5) is 0.